The quantitative estimate of drug-likeness (QED) is 0.706. The van der Waals surface area contributed by atoms with Crippen LogP contribution in [-0.4, -0.2) is 42.8 Å². The summed E-state index contributed by atoms with van der Waals surface area (Å²) in [6.45, 7) is 5.65. The minimum atomic E-state index is -1.03. The number of aliphatic carboxylic acids is 1. The predicted octanol–water partition coefficient (Wildman–Crippen LogP) is 1.29. The Balaban J connectivity index is 2.25. The first-order chi connectivity index (χ1) is 9.91. The van der Waals surface area contributed by atoms with E-state index in [1.54, 1.807) is 0 Å². The predicted molar refractivity (Wildman–Crippen MR) is 77.5 cm³/mol. The van der Waals surface area contributed by atoms with Crippen LogP contribution in [0.1, 0.15) is 18.1 Å². The van der Waals surface area contributed by atoms with Crippen LogP contribution in [0.5, 0.6) is 5.75 Å². The number of ether oxygens (including phenoxy) is 2. The lowest BCUT2D eigenvalue weighted by atomic mass is 10.1. The Morgan fingerprint density at radius 3 is 2.71 bits per heavy atom. The van der Waals surface area contributed by atoms with Gasteiger partial charge in [0.25, 0.3) is 5.91 Å². The highest BCUT2D eigenvalue weighted by Crippen LogP contribution is 2.20. The summed E-state index contributed by atoms with van der Waals surface area (Å²) < 4.78 is 10.4. The number of carboxylic acids is 1. The van der Waals surface area contributed by atoms with Crippen LogP contribution < -0.4 is 10.1 Å². The van der Waals surface area contributed by atoms with Crippen molar-refractivity contribution in [2.75, 3.05) is 19.8 Å². The standard InChI is InChI=1S/C15H21NO5/c1-10-5-4-6-13(11(10)2)21-9-14(17)16-7-8-20-12(3)15(18)19/h4-6,12H,7-9H2,1-3H3,(H,16,17)(H,18,19). The average Bonchev–Trinajstić information content (AvgIpc) is 2.44. The van der Waals surface area contributed by atoms with Crippen molar-refractivity contribution >= 4 is 11.9 Å². The molecule has 116 valence electrons. The molecule has 6 nitrogen and oxygen atoms in total. The summed E-state index contributed by atoms with van der Waals surface area (Å²) in [6.07, 6.45) is -0.881. The van der Waals surface area contributed by atoms with E-state index in [4.69, 9.17) is 14.6 Å². The van der Waals surface area contributed by atoms with Crippen LogP contribution in [-0.2, 0) is 14.3 Å². The third-order valence-corrected chi connectivity index (χ3v) is 3.05. The zero-order valence-corrected chi connectivity index (χ0v) is 12.5. The molecule has 1 aromatic carbocycles. The lowest BCUT2D eigenvalue weighted by Crippen LogP contribution is -2.33. The van der Waals surface area contributed by atoms with E-state index in [1.807, 2.05) is 32.0 Å². The Morgan fingerprint density at radius 2 is 2.05 bits per heavy atom. The van der Waals surface area contributed by atoms with E-state index in [-0.39, 0.29) is 25.7 Å². The fourth-order valence-electron chi connectivity index (χ4n) is 1.57. The number of aryl methyl sites for hydroxylation is 1. The number of nitrogens with one attached hydrogen (secondary N) is 1. The van der Waals surface area contributed by atoms with Crippen LogP contribution in [0, 0.1) is 13.8 Å². The molecule has 0 spiro atoms. The van der Waals surface area contributed by atoms with Crippen molar-refractivity contribution < 1.29 is 24.2 Å². The van der Waals surface area contributed by atoms with Crippen molar-refractivity contribution in [3.63, 3.8) is 0 Å². The third-order valence-electron chi connectivity index (χ3n) is 3.05. The molecule has 0 saturated heterocycles. The molecule has 0 heterocycles. The van der Waals surface area contributed by atoms with E-state index in [0.29, 0.717) is 5.75 Å². The summed E-state index contributed by atoms with van der Waals surface area (Å²) in [5.74, 6) is -0.622. The van der Waals surface area contributed by atoms with Gasteiger partial charge in [0, 0.05) is 6.54 Å². The fraction of sp³-hybridized carbons (Fsp3) is 0.467. The van der Waals surface area contributed by atoms with E-state index >= 15 is 0 Å². The van der Waals surface area contributed by atoms with Crippen molar-refractivity contribution in [2.24, 2.45) is 0 Å². The van der Waals surface area contributed by atoms with Gasteiger partial charge in [-0.25, -0.2) is 4.79 Å². The molecule has 1 aromatic rings. The highest BCUT2D eigenvalue weighted by molar-refractivity contribution is 5.77. The second-order valence-corrected chi connectivity index (χ2v) is 4.69. The van der Waals surface area contributed by atoms with Gasteiger partial charge in [-0.1, -0.05) is 12.1 Å². The molecule has 1 amide bonds. The molecule has 0 aliphatic heterocycles. The van der Waals surface area contributed by atoms with E-state index in [9.17, 15) is 9.59 Å². The molecule has 1 unspecified atom stereocenters. The van der Waals surface area contributed by atoms with Gasteiger partial charge in [0.15, 0.2) is 12.7 Å². The number of carboxylic acid groups (broad SMARTS) is 1. The third kappa shape index (κ3) is 5.83. The Hall–Kier alpha value is -2.08. The minimum Gasteiger partial charge on any atom is -0.483 e. The molecule has 0 aliphatic rings. The molecule has 21 heavy (non-hydrogen) atoms. The fourth-order valence-corrected chi connectivity index (χ4v) is 1.57. The number of carbonyl (C=O) groups excluding carboxylic acids is 1. The van der Waals surface area contributed by atoms with Crippen molar-refractivity contribution in [1.29, 1.82) is 0 Å². The maximum absolute atomic E-state index is 11.6. The molecule has 0 aromatic heterocycles. The molecule has 0 aliphatic carbocycles. The van der Waals surface area contributed by atoms with Crippen molar-refractivity contribution in [3.05, 3.63) is 29.3 Å². The molecule has 0 bridgehead atoms. The molecule has 1 rings (SSSR count). The van der Waals surface area contributed by atoms with Gasteiger partial charge in [0.2, 0.25) is 0 Å². The minimum absolute atomic E-state index is 0.0845. The maximum Gasteiger partial charge on any atom is 0.332 e. The largest absolute Gasteiger partial charge is 0.483 e. The first kappa shape index (κ1) is 17.0. The average molecular weight is 295 g/mol. The van der Waals surface area contributed by atoms with E-state index in [0.717, 1.165) is 11.1 Å². The summed E-state index contributed by atoms with van der Waals surface area (Å²) >= 11 is 0. The maximum atomic E-state index is 11.6. The van der Waals surface area contributed by atoms with Crippen LogP contribution in [0.15, 0.2) is 18.2 Å². The van der Waals surface area contributed by atoms with Gasteiger partial charge in [0.05, 0.1) is 6.61 Å². The number of rotatable bonds is 8. The van der Waals surface area contributed by atoms with Gasteiger partial charge < -0.3 is 19.9 Å². The highest BCUT2D eigenvalue weighted by Gasteiger charge is 2.10. The van der Waals surface area contributed by atoms with Gasteiger partial charge in [-0.15, -0.1) is 0 Å². The van der Waals surface area contributed by atoms with Crippen molar-refractivity contribution in [1.82, 2.24) is 5.32 Å². The Labute approximate surface area is 124 Å². The van der Waals surface area contributed by atoms with E-state index in [2.05, 4.69) is 5.32 Å². The van der Waals surface area contributed by atoms with Gasteiger partial charge >= 0.3 is 5.97 Å². The molecule has 0 fully saturated rings. The van der Waals surface area contributed by atoms with Gasteiger partial charge in [-0.05, 0) is 38.0 Å². The number of benzene rings is 1. The van der Waals surface area contributed by atoms with Crippen LogP contribution in [0.2, 0.25) is 0 Å². The molecule has 0 radical (unpaired) electrons. The molecule has 2 N–H and O–H groups in total. The van der Waals surface area contributed by atoms with Crippen LogP contribution in [0.4, 0.5) is 0 Å². The zero-order chi connectivity index (χ0) is 15.8. The van der Waals surface area contributed by atoms with Crippen LogP contribution in [0.25, 0.3) is 0 Å². The smallest absolute Gasteiger partial charge is 0.332 e. The molecule has 1 atom stereocenters. The number of hydrogen-bond acceptors (Lipinski definition) is 4. The summed E-state index contributed by atoms with van der Waals surface area (Å²) in [5.41, 5.74) is 2.10. The molecular weight excluding hydrogens is 274 g/mol. The lowest BCUT2D eigenvalue weighted by molar-refractivity contribution is -0.149. The summed E-state index contributed by atoms with van der Waals surface area (Å²) in [4.78, 5) is 22.1. The van der Waals surface area contributed by atoms with E-state index in [1.165, 1.54) is 6.92 Å². The Morgan fingerprint density at radius 1 is 1.33 bits per heavy atom. The number of hydrogen-bond donors (Lipinski definition) is 2. The van der Waals surface area contributed by atoms with Gasteiger partial charge in [0.1, 0.15) is 5.75 Å². The summed E-state index contributed by atoms with van der Waals surface area (Å²) in [5, 5.41) is 11.2. The monoisotopic (exact) mass is 295 g/mol. The Bertz CT molecular complexity index is 501. The molecule has 0 saturated carbocycles. The van der Waals surface area contributed by atoms with Crippen LogP contribution in [0.3, 0.4) is 0 Å². The van der Waals surface area contributed by atoms with Crippen LogP contribution >= 0.6 is 0 Å². The van der Waals surface area contributed by atoms with Crippen molar-refractivity contribution in [2.45, 2.75) is 26.9 Å². The SMILES string of the molecule is Cc1cccc(OCC(=O)NCCOC(C)C(=O)O)c1C. The topological polar surface area (TPSA) is 84.9 Å². The number of carbonyl (C=O) groups is 2. The number of amides is 1. The van der Waals surface area contributed by atoms with Gasteiger partial charge in [-0.3, -0.25) is 4.79 Å². The normalized spacial score (nSPS) is 11.8. The highest BCUT2D eigenvalue weighted by atomic mass is 16.5. The first-order valence-electron chi connectivity index (χ1n) is 6.72. The van der Waals surface area contributed by atoms with Gasteiger partial charge in [-0.2, -0.15) is 0 Å². The second kappa shape index (κ2) is 8.26. The first-order valence-corrected chi connectivity index (χ1v) is 6.72. The van der Waals surface area contributed by atoms with Crippen molar-refractivity contribution in [3.8, 4) is 5.75 Å². The zero-order valence-electron chi connectivity index (χ0n) is 12.5. The summed E-state index contributed by atoms with van der Waals surface area (Å²) in [6, 6.07) is 5.66. The Kier molecular flexibility index (Phi) is 6.68. The van der Waals surface area contributed by atoms with E-state index < -0.39 is 12.1 Å². The molecular formula is C15H21NO5. The molecule has 6 heteroatoms. The second-order valence-electron chi connectivity index (χ2n) is 4.69. The lowest BCUT2D eigenvalue weighted by Gasteiger charge is -2.12. The summed E-state index contributed by atoms with van der Waals surface area (Å²) in [7, 11) is 0.